The van der Waals surface area contributed by atoms with Crippen LogP contribution in [0.15, 0.2) is 64.6 Å². The van der Waals surface area contributed by atoms with Crippen molar-refractivity contribution in [1.82, 2.24) is 0 Å². The van der Waals surface area contributed by atoms with Gasteiger partial charge in [-0.05, 0) is 43.0 Å². The first-order valence-corrected chi connectivity index (χ1v) is 12.2. The number of benzene rings is 3. The van der Waals surface area contributed by atoms with Crippen molar-refractivity contribution in [2.45, 2.75) is 27.2 Å². The maximum atomic E-state index is 13.6. The summed E-state index contributed by atoms with van der Waals surface area (Å²) in [5, 5.41) is 33.3. The number of phenols is 1. The molecule has 0 unspecified atom stereocenters. The minimum absolute atomic E-state index is 0.0760. The van der Waals surface area contributed by atoms with Gasteiger partial charge in [-0.25, -0.2) is 4.99 Å². The maximum absolute atomic E-state index is 13.6. The lowest BCUT2D eigenvalue weighted by molar-refractivity contribution is -0.870. The lowest BCUT2D eigenvalue weighted by Gasteiger charge is -2.26. The number of fused-ring (bicyclic) bond motifs is 2. The summed E-state index contributed by atoms with van der Waals surface area (Å²) in [6.07, 6.45) is 4.62. The van der Waals surface area contributed by atoms with E-state index in [1.807, 2.05) is 50.3 Å². The number of carbonyl (C=O) groups is 1. The molecule has 1 aliphatic carbocycles. The Balaban J connectivity index is 0.000000886. The highest BCUT2D eigenvalue weighted by Gasteiger charge is 2.24. The number of nitrogens with zero attached hydrogens (tertiary/aromatic N) is 3. The molecule has 0 amide bonds. The van der Waals surface area contributed by atoms with Crippen LogP contribution in [0.5, 0.6) is 11.5 Å². The van der Waals surface area contributed by atoms with Crippen molar-refractivity contribution < 1.29 is 24.6 Å². The van der Waals surface area contributed by atoms with Crippen LogP contribution < -0.4 is 5.11 Å². The Morgan fingerprint density at radius 3 is 2.22 bits per heavy atom. The summed E-state index contributed by atoms with van der Waals surface area (Å²) in [5.74, 6) is -0.881. The third-order valence-electron chi connectivity index (χ3n) is 5.91. The summed E-state index contributed by atoms with van der Waals surface area (Å²) in [7, 11) is 6.45. The fourth-order valence-electron chi connectivity index (χ4n) is 4.24. The van der Waals surface area contributed by atoms with Crippen LogP contribution in [0.4, 0.5) is 5.69 Å². The van der Waals surface area contributed by atoms with Gasteiger partial charge >= 0.3 is 0 Å². The number of phenolic OH excluding ortho intramolecular Hbond substituents is 1. The van der Waals surface area contributed by atoms with Crippen LogP contribution in [0.25, 0.3) is 10.8 Å². The fourth-order valence-corrected chi connectivity index (χ4v) is 4.24. The molecule has 3 aromatic rings. The minimum atomic E-state index is -0.833. The Bertz CT molecular complexity index is 1410. The first-order valence-electron chi connectivity index (χ1n) is 12.2. The van der Waals surface area contributed by atoms with Gasteiger partial charge in [-0.15, -0.1) is 0 Å². The molecule has 194 valence electrons. The number of rotatable bonds is 5. The highest BCUT2D eigenvalue weighted by molar-refractivity contribution is 6.30. The van der Waals surface area contributed by atoms with Crippen molar-refractivity contribution in [3.63, 3.8) is 0 Å². The Hall–Kier alpha value is -3.97. The van der Waals surface area contributed by atoms with Crippen LogP contribution in [-0.2, 0) is 4.79 Å². The predicted octanol–water partition coefficient (Wildman–Crippen LogP) is 4.90. The minimum Gasteiger partial charge on any atom is -0.872 e. The quantitative estimate of drug-likeness (QED) is 0.383. The van der Waals surface area contributed by atoms with Crippen molar-refractivity contribution in [1.29, 1.82) is 0 Å². The van der Waals surface area contributed by atoms with Gasteiger partial charge in [-0.1, -0.05) is 47.7 Å². The lowest BCUT2D eigenvalue weighted by atomic mass is 9.88. The van der Waals surface area contributed by atoms with Crippen molar-refractivity contribution >= 4 is 33.9 Å². The molecule has 37 heavy (non-hydrogen) atoms. The monoisotopic (exact) mass is 501 g/mol. The molecule has 4 rings (SSSR count). The van der Waals surface area contributed by atoms with Crippen LogP contribution in [-0.4, -0.2) is 66.3 Å². The van der Waals surface area contributed by atoms with E-state index in [9.17, 15) is 10.2 Å². The number of aromatic hydroxyl groups is 1. The number of allylic oxidation sites excluding steroid dienone is 2. The second-order valence-corrected chi connectivity index (χ2v) is 10.2. The maximum Gasteiger partial charge on any atom is 0.300 e. The third kappa shape index (κ3) is 6.83. The van der Waals surface area contributed by atoms with Gasteiger partial charge in [0.1, 0.15) is 5.75 Å². The van der Waals surface area contributed by atoms with Gasteiger partial charge in [0.2, 0.25) is 0 Å². The molecule has 7 heteroatoms. The zero-order chi connectivity index (χ0) is 27.3. The topological polar surface area (TPSA) is 105 Å². The molecule has 0 aliphatic heterocycles. The molecule has 0 heterocycles. The molecule has 0 aromatic heterocycles. The average Bonchev–Trinajstić information content (AvgIpc) is 2.81. The first-order chi connectivity index (χ1) is 17.4. The van der Waals surface area contributed by atoms with Gasteiger partial charge in [0.05, 0.1) is 50.4 Å². The second kappa shape index (κ2) is 11.4. The number of quaternary nitrogens is 1. The van der Waals surface area contributed by atoms with Gasteiger partial charge in [0, 0.05) is 30.8 Å². The summed E-state index contributed by atoms with van der Waals surface area (Å²) in [5.41, 5.74) is 5.10. The molecule has 0 atom stereocenters. The van der Waals surface area contributed by atoms with E-state index in [1.165, 1.54) is 0 Å². The molecular formula is C30H35N3O4. The van der Waals surface area contributed by atoms with Gasteiger partial charge in [-0.3, -0.25) is 9.79 Å². The Labute approximate surface area is 218 Å². The van der Waals surface area contributed by atoms with Crippen molar-refractivity contribution in [3.8, 4) is 11.5 Å². The molecule has 0 fully saturated rings. The Kier molecular flexibility index (Phi) is 8.50. The van der Waals surface area contributed by atoms with E-state index in [0.29, 0.717) is 39.9 Å². The van der Waals surface area contributed by atoms with E-state index in [4.69, 9.17) is 19.9 Å². The lowest BCUT2D eigenvalue weighted by Crippen LogP contribution is -2.35. The van der Waals surface area contributed by atoms with E-state index in [0.717, 1.165) is 41.2 Å². The number of hydrogen-bond acceptors (Lipinski definition) is 5. The molecule has 0 bridgehead atoms. The van der Waals surface area contributed by atoms with Crippen molar-refractivity contribution in [3.05, 3.63) is 76.9 Å². The van der Waals surface area contributed by atoms with Crippen LogP contribution in [0.1, 0.15) is 35.6 Å². The van der Waals surface area contributed by atoms with Gasteiger partial charge in [0.15, 0.2) is 0 Å². The molecule has 0 spiro atoms. The van der Waals surface area contributed by atoms with E-state index in [2.05, 4.69) is 27.2 Å². The highest BCUT2D eigenvalue weighted by atomic mass is 16.4. The summed E-state index contributed by atoms with van der Waals surface area (Å²) in [4.78, 5) is 18.6. The summed E-state index contributed by atoms with van der Waals surface area (Å²) < 4.78 is 0.863. The molecule has 1 aliphatic rings. The van der Waals surface area contributed by atoms with E-state index < -0.39 is 5.97 Å². The summed E-state index contributed by atoms with van der Waals surface area (Å²) in [6.45, 7) is 6.74. The molecular weight excluding hydrogens is 466 g/mol. The highest BCUT2D eigenvalue weighted by Crippen LogP contribution is 2.41. The van der Waals surface area contributed by atoms with Crippen LogP contribution in [0.3, 0.4) is 0 Å². The van der Waals surface area contributed by atoms with E-state index in [1.54, 1.807) is 12.1 Å². The van der Waals surface area contributed by atoms with Crippen molar-refractivity contribution in [2.24, 2.45) is 9.98 Å². The van der Waals surface area contributed by atoms with E-state index in [-0.39, 0.29) is 11.5 Å². The van der Waals surface area contributed by atoms with Gasteiger partial charge < -0.3 is 19.8 Å². The number of aliphatic imine (C=N–C) groups is 2. The first kappa shape index (κ1) is 27.6. The molecule has 0 radical (unpaired) electrons. The number of carboxylic acids is 1. The SMILES string of the molecule is CC(=O)O.Cc1ccc(N=C2C=CC(=NCCC[N+](C)(C)C)c3c2c(O)c2ccccc2c3[O-])c(C)c1. The normalized spacial score (nSPS) is 15.0. The molecule has 2 N–H and O–H groups in total. The Morgan fingerprint density at radius 1 is 0.973 bits per heavy atom. The number of hydrogen-bond donors (Lipinski definition) is 2. The standard InChI is InChI=1S/C28H31N3O2.C2H4O2/c1-18-11-12-22(19(2)17-18)30-24-14-13-23(29-15-8-16-31(3,4)5)25-26(24)28(33)21-10-7-6-9-20(21)27(25)32;1-2(3)4/h6-7,9-14,17H,8,15-16H2,1-5H3,(H-,29,30,32,33);1H3,(H,3,4). The Morgan fingerprint density at radius 2 is 1.59 bits per heavy atom. The van der Waals surface area contributed by atoms with Gasteiger partial charge in [-0.2, -0.15) is 0 Å². The third-order valence-corrected chi connectivity index (χ3v) is 5.91. The second-order valence-electron chi connectivity index (χ2n) is 10.2. The predicted molar refractivity (Wildman–Crippen MR) is 149 cm³/mol. The largest absolute Gasteiger partial charge is 0.872 e. The van der Waals surface area contributed by atoms with Crippen LogP contribution in [0, 0.1) is 13.8 Å². The fraction of sp³-hybridized carbons (Fsp3) is 0.300. The molecule has 7 nitrogen and oxygen atoms in total. The zero-order valence-electron chi connectivity index (χ0n) is 22.4. The number of carboxylic acid groups (broad SMARTS) is 1. The number of aliphatic carboxylic acids is 1. The average molecular weight is 502 g/mol. The van der Waals surface area contributed by atoms with Crippen molar-refractivity contribution in [2.75, 3.05) is 34.2 Å². The van der Waals surface area contributed by atoms with Crippen LogP contribution in [0.2, 0.25) is 0 Å². The summed E-state index contributed by atoms with van der Waals surface area (Å²) in [6, 6.07) is 13.2. The van der Waals surface area contributed by atoms with E-state index >= 15 is 0 Å². The zero-order valence-corrected chi connectivity index (χ0v) is 22.4. The smallest absolute Gasteiger partial charge is 0.300 e. The summed E-state index contributed by atoms with van der Waals surface area (Å²) >= 11 is 0. The molecule has 3 aromatic carbocycles. The van der Waals surface area contributed by atoms with Crippen LogP contribution >= 0.6 is 0 Å². The van der Waals surface area contributed by atoms with Gasteiger partial charge in [0.25, 0.3) is 5.97 Å². The molecule has 0 saturated carbocycles. The molecule has 0 saturated heterocycles. The number of aryl methyl sites for hydroxylation is 2.